The van der Waals surface area contributed by atoms with E-state index in [-0.39, 0.29) is 0 Å². The largest absolute Gasteiger partial charge is 0.496 e. The molecule has 94 valence electrons. The van der Waals surface area contributed by atoms with Crippen molar-refractivity contribution in [3.8, 4) is 17.1 Å². The molecule has 6 heteroatoms. The number of aromatic nitrogens is 2. The maximum atomic E-state index is 5.82. The molecule has 0 atom stereocenters. The molecule has 0 amide bonds. The van der Waals surface area contributed by atoms with Crippen molar-refractivity contribution >= 4 is 37.7 Å². The van der Waals surface area contributed by atoms with E-state index < -0.39 is 0 Å². The topological polar surface area (TPSA) is 61.0 Å². The fraction of sp³-hybridized carbons (Fsp3) is 0.167. The third-order valence-corrected chi connectivity index (χ3v) is 4.05. The molecule has 0 aliphatic carbocycles. The second kappa shape index (κ2) is 5.24. The minimum atomic E-state index is 0.435. The van der Waals surface area contributed by atoms with Crippen LogP contribution in [-0.2, 0) is 0 Å². The minimum Gasteiger partial charge on any atom is -0.496 e. The molecule has 0 radical (unpaired) electrons. The van der Waals surface area contributed by atoms with Crippen molar-refractivity contribution in [3.05, 3.63) is 32.8 Å². The molecule has 0 aliphatic heterocycles. The Hall–Kier alpha value is -1.14. The van der Waals surface area contributed by atoms with Gasteiger partial charge in [-0.25, -0.2) is 9.97 Å². The molecule has 2 rings (SSSR count). The van der Waals surface area contributed by atoms with Gasteiger partial charge in [-0.05, 0) is 57.0 Å². The van der Waals surface area contributed by atoms with Crippen molar-refractivity contribution < 1.29 is 4.74 Å². The highest BCUT2D eigenvalue weighted by Crippen LogP contribution is 2.30. The predicted octanol–water partition coefficient (Wildman–Crippen LogP) is 3.57. The van der Waals surface area contributed by atoms with Crippen molar-refractivity contribution in [2.24, 2.45) is 0 Å². The van der Waals surface area contributed by atoms with Gasteiger partial charge in [-0.15, -0.1) is 0 Å². The molecule has 0 saturated carbocycles. The summed E-state index contributed by atoms with van der Waals surface area (Å²) in [5, 5.41) is 0. The summed E-state index contributed by atoms with van der Waals surface area (Å²) in [5.41, 5.74) is 7.51. The maximum absolute atomic E-state index is 5.82. The van der Waals surface area contributed by atoms with Crippen LogP contribution < -0.4 is 10.5 Å². The first-order valence-electron chi connectivity index (χ1n) is 5.16. The molecule has 2 aromatic rings. The van der Waals surface area contributed by atoms with E-state index in [1.54, 1.807) is 7.11 Å². The van der Waals surface area contributed by atoms with E-state index in [4.69, 9.17) is 10.5 Å². The van der Waals surface area contributed by atoms with Gasteiger partial charge in [0, 0.05) is 5.56 Å². The van der Waals surface area contributed by atoms with Gasteiger partial charge < -0.3 is 10.5 Å². The summed E-state index contributed by atoms with van der Waals surface area (Å²) in [4.78, 5) is 8.66. The zero-order valence-corrected chi connectivity index (χ0v) is 13.0. The van der Waals surface area contributed by atoms with Crippen molar-refractivity contribution in [3.63, 3.8) is 0 Å². The van der Waals surface area contributed by atoms with Crippen LogP contribution in [0.25, 0.3) is 11.4 Å². The molecule has 0 saturated heterocycles. The normalized spacial score (nSPS) is 10.4. The van der Waals surface area contributed by atoms with Crippen LogP contribution in [0.1, 0.15) is 5.69 Å². The van der Waals surface area contributed by atoms with Gasteiger partial charge >= 0.3 is 0 Å². The number of anilines is 1. The Kier molecular flexibility index (Phi) is 3.87. The van der Waals surface area contributed by atoms with Crippen molar-refractivity contribution in [2.45, 2.75) is 6.92 Å². The Bertz CT molecular complexity index is 579. The maximum Gasteiger partial charge on any atom is 0.161 e. The molecule has 1 heterocycles. The van der Waals surface area contributed by atoms with E-state index >= 15 is 0 Å². The smallest absolute Gasteiger partial charge is 0.161 e. The monoisotopic (exact) mass is 371 g/mol. The molecular weight excluding hydrogens is 362 g/mol. The number of hydrogen-bond acceptors (Lipinski definition) is 4. The third kappa shape index (κ3) is 2.49. The van der Waals surface area contributed by atoms with Gasteiger partial charge in [0.05, 0.1) is 21.7 Å². The Morgan fingerprint density at radius 1 is 1.22 bits per heavy atom. The van der Waals surface area contributed by atoms with Gasteiger partial charge in [-0.3, -0.25) is 0 Å². The van der Waals surface area contributed by atoms with Crippen LogP contribution in [0.15, 0.2) is 27.1 Å². The summed E-state index contributed by atoms with van der Waals surface area (Å²) >= 11 is 6.78. The van der Waals surface area contributed by atoms with E-state index in [1.165, 1.54) is 0 Å². The van der Waals surface area contributed by atoms with E-state index in [0.29, 0.717) is 11.6 Å². The highest BCUT2D eigenvalue weighted by Gasteiger charge is 2.10. The van der Waals surface area contributed by atoms with E-state index in [1.807, 2.05) is 25.1 Å². The fourth-order valence-corrected chi connectivity index (χ4v) is 2.23. The Labute approximate surface area is 122 Å². The molecule has 18 heavy (non-hydrogen) atoms. The lowest BCUT2D eigenvalue weighted by Gasteiger charge is -2.08. The van der Waals surface area contributed by atoms with E-state index in [0.717, 1.165) is 26.0 Å². The van der Waals surface area contributed by atoms with Crippen LogP contribution in [0.5, 0.6) is 5.75 Å². The summed E-state index contributed by atoms with van der Waals surface area (Å²) in [6, 6.07) is 5.66. The lowest BCUT2D eigenvalue weighted by atomic mass is 10.2. The molecular formula is C12H11Br2N3O. The number of hydrogen-bond donors (Lipinski definition) is 1. The number of rotatable bonds is 2. The van der Waals surface area contributed by atoms with Crippen LogP contribution in [0.2, 0.25) is 0 Å². The zero-order valence-electron chi connectivity index (χ0n) is 9.87. The highest BCUT2D eigenvalue weighted by atomic mass is 79.9. The standard InChI is InChI=1S/C12H11Br2N3O/c1-6-10(14)11(15)17-12(16-6)7-3-4-9(18-2)8(13)5-7/h3-5H,1-2H3,(H2,15,16,17). The minimum absolute atomic E-state index is 0.435. The second-order valence-electron chi connectivity index (χ2n) is 3.68. The number of benzene rings is 1. The van der Waals surface area contributed by atoms with Gasteiger partial charge in [0.1, 0.15) is 11.6 Å². The summed E-state index contributed by atoms with van der Waals surface area (Å²) in [5.74, 6) is 1.79. The van der Waals surface area contributed by atoms with Crippen LogP contribution in [0, 0.1) is 6.92 Å². The lowest BCUT2D eigenvalue weighted by molar-refractivity contribution is 0.412. The number of nitrogens with zero attached hydrogens (tertiary/aromatic N) is 2. The van der Waals surface area contributed by atoms with Crippen LogP contribution >= 0.6 is 31.9 Å². The SMILES string of the molecule is COc1ccc(-c2nc(C)c(Br)c(N)n2)cc1Br. The molecule has 0 unspecified atom stereocenters. The third-order valence-electron chi connectivity index (χ3n) is 2.45. The van der Waals surface area contributed by atoms with Crippen LogP contribution in [0.3, 0.4) is 0 Å². The predicted molar refractivity (Wildman–Crippen MR) is 78.6 cm³/mol. The first-order valence-corrected chi connectivity index (χ1v) is 6.75. The molecule has 1 aromatic heterocycles. The van der Waals surface area contributed by atoms with Gasteiger partial charge in [0.25, 0.3) is 0 Å². The second-order valence-corrected chi connectivity index (χ2v) is 5.33. The number of ether oxygens (including phenoxy) is 1. The van der Waals surface area contributed by atoms with Crippen molar-refractivity contribution in [2.75, 3.05) is 12.8 Å². The number of methoxy groups -OCH3 is 1. The number of aryl methyl sites for hydroxylation is 1. The molecule has 0 fully saturated rings. The average Bonchev–Trinajstić information content (AvgIpc) is 2.35. The van der Waals surface area contributed by atoms with E-state index in [2.05, 4.69) is 41.8 Å². The van der Waals surface area contributed by atoms with Gasteiger partial charge in [0.2, 0.25) is 0 Å². The van der Waals surface area contributed by atoms with Gasteiger partial charge in [-0.2, -0.15) is 0 Å². The fourth-order valence-electron chi connectivity index (χ4n) is 1.52. The average molecular weight is 373 g/mol. The van der Waals surface area contributed by atoms with Gasteiger partial charge in [0.15, 0.2) is 5.82 Å². The summed E-state index contributed by atoms with van der Waals surface area (Å²) < 4.78 is 6.77. The molecule has 0 spiro atoms. The summed E-state index contributed by atoms with van der Waals surface area (Å²) in [6.07, 6.45) is 0. The Morgan fingerprint density at radius 3 is 2.50 bits per heavy atom. The number of nitrogens with two attached hydrogens (primary N) is 1. The molecule has 4 nitrogen and oxygen atoms in total. The molecule has 0 bridgehead atoms. The zero-order chi connectivity index (χ0) is 13.3. The summed E-state index contributed by atoms with van der Waals surface area (Å²) in [6.45, 7) is 1.88. The van der Waals surface area contributed by atoms with Crippen LogP contribution in [-0.4, -0.2) is 17.1 Å². The van der Waals surface area contributed by atoms with Gasteiger partial charge in [-0.1, -0.05) is 0 Å². The Morgan fingerprint density at radius 2 is 1.94 bits per heavy atom. The molecule has 2 N–H and O–H groups in total. The van der Waals surface area contributed by atoms with Crippen LogP contribution in [0.4, 0.5) is 5.82 Å². The Balaban J connectivity index is 2.52. The van der Waals surface area contributed by atoms with E-state index in [9.17, 15) is 0 Å². The van der Waals surface area contributed by atoms with Crippen molar-refractivity contribution in [1.82, 2.24) is 9.97 Å². The molecule has 0 aliphatic rings. The molecule has 1 aromatic carbocycles. The number of nitrogen functional groups attached to an aromatic ring is 1. The first-order chi connectivity index (χ1) is 8.52. The first kappa shape index (κ1) is 13.3. The number of halogens is 2. The lowest BCUT2D eigenvalue weighted by Crippen LogP contribution is -2.00. The van der Waals surface area contributed by atoms with Crippen molar-refractivity contribution in [1.29, 1.82) is 0 Å². The quantitative estimate of drug-likeness (QED) is 0.875. The summed E-state index contributed by atoms with van der Waals surface area (Å²) in [7, 11) is 1.62. The highest BCUT2D eigenvalue weighted by molar-refractivity contribution is 9.11.